The van der Waals surface area contributed by atoms with Gasteiger partial charge in [0.1, 0.15) is 16.3 Å². The van der Waals surface area contributed by atoms with Crippen molar-refractivity contribution in [1.29, 1.82) is 0 Å². The van der Waals surface area contributed by atoms with Crippen LogP contribution in [0.15, 0.2) is 12.3 Å². The molecule has 1 aliphatic heterocycles. The molecule has 1 aliphatic rings. The molecule has 1 N–H and O–H groups in total. The lowest BCUT2D eigenvalue weighted by Gasteiger charge is -2.31. The fourth-order valence-corrected chi connectivity index (χ4v) is 3.63. The Balaban J connectivity index is 2.12. The van der Waals surface area contributed by atoms with Crippen LogP contribution >= 0.6 is 11.6 Å². The van der Waals surface area contributed by atoms with Crippen molar-refractivity contribution in [2.45, 2.75) is 45.3 Å². The molecule has 0 saturated carbocycles. The van der Waals surface area contributed by atoms with Gasteiger partial charge in [-0.3, -0.25) is 0 Å². The van der Waals surface area contributed by atoms with Crippen molar-refractivity contribution in [3.63, 3.8) is 0 Å². The highest BCUT2D eigenvalue weighted by Crippen LogP contribution is 2.25. The smallest absolute Gasteiger partial charge is 0.342 e. The molecule has 0 bridgehead atoms. The first-order valence-corrected chi connectivity index (χ1v) is 10.3. The first kappa shape index (κ1) is 19.9. The van der Waals surface area contributed by atoms with E-state index in [9.17, 15) is 13.2 Å². The van der Waals surface area contributed by atoms with Crippen LogP contribution in [0, 0.1) is 0 Å². The summed E-state index contributed by atoms with van der Waals surface area (Å²) in [4.78, 5) is 16.4. The second-order valence-corrected chi connectivity index (χ2v) is 9.50. The molecule has 140 valence electrons. The molecule has 2 heterocycles. The highest BCUT2D eigenvalue weighted by atomic mass is 35.5. The van der Waals surface area contributed by atoms with Crippen molar-refractivity contribution in [2.24, 2.45) is 0 Å². The van der Waals surface area contributed by atoms with Crippen molar-refractivity contribution in [1.82, 2.24) is 9.29 Å². The Bertz CT molecular complexity index is 738. The third kappa shape index (κ3) is 5.83. The van der Waals surface area contributed by atoms with Gasteiger partial charge in [-0.2, -0.15) is 0 Å². The van der Waals surface area contributed by atoms with Gasteiger partial charge < -0.3 is 10.1 Å². The minimum Gasteiger partial charge on any atom is -0.456 e. The van der Waals surface area contributed by atoms with Gasteiger partial charge in [0.2, 0.25) is 10.0 Å². The normalized spacial score (nSPS) is 17.3. The Hall–Kier alpha value is -1.38. The number of nitrogens with zero attached hydrogens (tertiary/aromatic N) is 2. The number of halogens is 1. The van der Waals surface area contributed by atoms with E-state index in [1.807, 2.05) is 0 Å². The molecule has 0 atom stereocenters. The lowest BCUT2D eigenvalue weighted by Crippen LogP contribution is -2.42. The Morgan fingerprint density at radius 1 is 1.36 bits per heavy atom. The highest BCUT2D eigenvalue weighted by molar-refractivity contribution is 7.88. The monoisotopic (exact) mass is 389 g/mol. The maximum absolute atomic E-state index is 12.4. The summed E-state index contributed by atoms with van der Waals surface area (Å²) >= 11 is 5.96. The van der Waals surface area contributed by atoms with E-state index >= 15 is 0 Å². The maximum atomic E-state index is 12.4. The summed E-state index contributed by atoms with van der Waals surface area (Å²) in [6.45, 7) is 6.26. The number of esters is 1. The molecule has 0 aromatic carbocycles. The van der Waals surface area contributed by atoms with E-state index in [1.165, 1.54) is 16.8 Å². The minimum absolute atomic E-state index is 0.0395. The standard InChI is InChI=1S/C16H24ClN3O4S/c1-16(2,3)24-15(21)12-10-18-14(17)9-13(12)19-11-5-7-20(8-6-11)25(4,22)23/h9-11H,5-8H2,1-4H3,(H,18,19). The quantitative estimate of drug-likeness (QED) is 0.628. The molecule has 25 heavy (non-hydrogen) atoms. The molecule has 0 radical (unpaired) electrons. The summed E-state index contributed by atoms with van der Waals surface area (Å²) in [6, 6.07) is 1.63. The lowest BCUT2D eigenvalue weighted by molar-refractivity contribution is 0.00702. The lowest BCUT2D eigenvalue weighted by atomic mass is 10.1. The van der Waals surface area contributed by atoms with Gasteiger partial charge in [0.15, 0.2) is 0 Å². The van der Waals surface area contributed by atoms with Crippen LogP contribution in [0.25, 0.3) is 0 Å². The number of aromatic nitrogens is 1. The van der Waals surface area contributed by atoms with Crippen LogP contribution in [0.5, 0.6) is 0 Å². The number of pyridine rings is 1. The number of carbonyl (C=O) groups is 1. The highest BCUT2D eigenvalue weighted by Gasteiger charge is 2.27. The van der Waals surface area contributed by atoms with Crippen LogP contribution in [0.2, 0.25) is 5.15 Å². The van der Waals surface area contributed by atoms with Crippen molar-refractivity contribution < 1.29 is 17.9 Å². The SMILES string of the molecule is CC(C)(C)OC(=O)c1cnc(Cl)cc1NC1CCN(S(C)(=O)=O)CC1. The van der Waals surface area contributed by atoms with E-state index < -0.39 is 21.6 Å². The van der Waals surface area contributed by atoms with Gasteiger partial charge in [-0.25, -0.2) is 22.5 Å². The van der Waals surface area contributed by atoms with E-state index in [4.69, 9.17) is 16.3 Å². The predicted octanol–water partition coefficient (Wildman–Crippen LogP) is 2.53. The molecule has 1 saturated heterocycles. The first-order valence-electron chi connectivity index (χ1n) is 8.06. The van der Waals surface area contributed by atoms with Crippen LogP contribution in [-0.2, 0) is 14.8 Å². The Kier molecular flexibility index (Phi) is 5.96. The predicted molar refractivity (Wildman–Crippen MR) is 97.5 cm³/mol. The Morgan fingerprint density at radius 2 is 1.96 bits per heavy atom. The molecule has 9 heteroatoms. The fourth-order valence-electron chi connectivity index (χ4n) is 2.60. The molecular weight excluding hydrogens is 366 g/mol. The van der Waals surface area contributed by atoms with Crippen LogP contribution in [0.1, 0.15) is 44.0 Å². The van der Waals surface area contributed by atoms with Crippen molar-refractivity contribution in [3.8, 4) is 0 Å². The van der Waals surface area contributed by atoms with E-state index in [0.717, 1.165) is 0 Å². The van der Waals surface area contributed by atoms with E-state index in [0.29, 0.717) is 37.2 Å². The van der Waals surface area contributed by atoms with Gasteiger partial charge in [-0.05, 0) is 39.7 Å². The van der Waals surface area contributed by atoms with Gasteiger partial charge in [0.05, 0.1) is 11.9 Å². The van der Waals surface area contributed by atoms with Crippen LogP contribution in [-0.4, -0.2) is 54.7 Å². The summed E-state index contributed by atoms with van der Waals surface area (Å²) in [7, 11) is -3.17. The molecule has 1 aromatic rings. The van der Waals surface area contributed by atoms with Crippen molar-refractivity contribution in [3.05, 3.63) is 23.0 Å². The maximum Gasteiger partial charge on any atom is 0.342 e. The van der Waals surface area contributed by atoms with Gasteiger partial charge in [0, 0.05) is 25.3 Å². The zero-order chi connectivity index (χ0) is 18.8. The molecule has 1 aromatic heterocycles. The number of anilines is 1. The Labute approximate surface area is 153 Å². The van der Waals surface area contributed by atoms with Gasteiger partial charge >= 0.3 is 5.97 Å². The summed E-state index contributed by atoms with van der Waals surface area (Å²) in [5, 5.41) is 3.55. The molecule has 0 unspecified atom stereocenters. The van der Waals surface area contributed by atoms with Crippen molar-refractivity contribution >= 4 is 33.3 Å². The number of hydrogen-bond donors (Lipinski definition) is 1. The molecule has 0 spiro atoms. The Morgan fingerprint density at radius 3 is 2.48 bits per heavy atom. The molecule has 7 nitrogen and oxygen atoms in total. The third-order valence-corrected chi connectivity index (χ3v) is 5.28. The van der Waals surface area contributed by atoms with Gasteiger partial charge in [-0.1, -0.05) is 11.6 Å². The number of nitrogens with one attached hydrogen (secondary N) is 1. The average Bonchev–Trinajstić information content (AvgIpc) is 2.45. The van der Waals surface area contributed by atoms with Crippen LogP contribution < -0.4 is 5.32 Å². The number of rotatable bonds is 4. The third-order valence-electron chi connectivity index (χ3n) is 3.77. The average molecular weight is 390 g/mol. The number of sulfonamides is 1. The first-order chi connectivity index (χ1) is 11.5. The van der Waals surface area contributed by atoms with Crippen LogP contribution in [0.3, 0.4) is 0 Å². The van der Waals surface area contributed by atoms with Crippen molar-refractivity contribution in [2.75, 3.05) is 24.7 Å². The molecule has 0 amide bonds. The molecule has 1 fully saturated rings. The summed E-state index contributed by atoms with van der Waals surface area (Å²) in [5.41, 5.74) is 0.242. The number of carbonyl (C=O) groups excluding carboxylic acids is 1. The summed E-state index contributed by atoms with van der Waals surface area (Å²) < 4.78 is 30.0. The molecular formula is C16H24ClN3O4S. The summed E-state index contributed by atoms with van der Waals surface area (Å²) in [5.74, 6) is -0.479. The molecule has 0 aliphatic carbocycles. The summed E-state index contributed by atoms with van der Waals surface area (Å²) in [6.07, 6.45) is 3.88. The second-order valence-electron chi connectivity index (χ2n) is 7.14. The van der Waals surface area contributed by atoms with Crippen LogP contribution in [0.4, 0.5) is 5.69 Å². The number of hydrogen-bond acceptors (Lipinski definition) is 6. The van der Waals surface area contributed by atoms with E-state index in [2.05, 4.69) is 10.3 Å². The van der Waals surface area contributed by atoms with Gasteiger partial charge in [-0.15, -0.1) is 0 Å². The minimum atomic E-state index is -3.17. The van der Waals surface area contributed by atoms with E-state index in [-0.39, 0.29) is 11.2 Å². The largest absolute Gasteiger partial charge is 0.456 e. The zero-order valence-corrected chi connectivity index (χ0v) is 16.4. The van der Waals surface area contributed by atoms with Gasteiger partial charge in [0.25, 0.3) is 0 Å². The topological polar surface area (TPSA) is 88.6 Å². The molecule has 2 rings (SSSR count). The van der Waals surface area contributed by atoms with E-state index in [1.54, 1.807) is 26.8 Å². The fraction of sp³-hybridized carbons (Fsp3) is 0.625. The zero-order valence-electron chi connectivity index (χ0n) is 14.9. The number of piperidine rings is 1. The number of ether oxygens (including phenoxy) is 1. The second kappa shape index (κ2) is 7.47.